The van der Waals surface area contributed by atoms with Crippen LogP contribution in [0.3, 0.4) is 0 Å². The maximum absolute atomic E-state index is 11.4. The molecule has 1 aliphatic carbocycles. The molecule has 3 heteroatoms. The molecule has 19 heavy (non-hydrogen) atoms. The van der Waals surface area contributed by atoms with E-state index in [0.717, 1.165) is 12.8 Å². The highest BCUT2D eigenvalue weighted by molar-refractivity contribution is 5.88. The molecule has 110 valence electrons. The molecule has 0 radical (unpaired) electrons. The van der Waals surface area contributed by atoms with Crippen LogP contribution in [-0.4, -0.2) is 25.8 Å². The zero-order valence-electron chi connectivity index (χ0n) is 13.0. The highest BCUT2D eigenvalue weighted by Crippen LogP contribution is 2.39. The Morgan fingerprint density at radius 3 is 2.58 bits per heavy atom. The Bertz CT molecular complexity index is 331. The third-order valence-electron chi connectivity index (χ3n) is 3.84. The van der Waals surface area contributed by atoms with Gasteiger partial charge in [-0.05, 0) is 43.1 Å². The van der Waals surface area contributed by atoms with Crippen molar-refractivity contribution in [3.63, 3.8) is 0 Å². The number of ether oxygens (including phenoxy) is 2. The predicted octanol–water partition coefficient (Wildman–Crippen LogP) is 3.73. The molecule has 0 spiro atoms. The molecule has 1 fully saturated rings. The molecule has 0 saturated heterocycles. The smallest absolute Gasteiger partial charge is 0.333 e. The fraction of sp³-hybridized carbons (Fsp3) is 0.812. The van der Waals surface area contributed by atoms with Crippen LogP contribution in [0, 0.1) is 11.3 Å². The number of carbonyl (C=O) groups excluding carboxylic acids is 1. The average Bonchev–Trinajstić information content (AvgIpc) is 2.31. The second-order valence-corrected chi connectivity index (χ2v) is 6.44. The second kappa shape index (κ2) is 7.09. The summed E-state index contributed by atoms with van der Waals surface area (Å²) in [6, 6.07) is 0. The first-order valence-corrected chi connectivity index (χ1v) is 7.27. The van der Waals surface area contributed by atoms with E-state index < -0.39 is 0 Å². The maximum atomic E-state index is 11.4. The lowest BCUT2D eigenvalue weighted by Crippen LogP contribution is -2.32. The van der Waals surface area contributed by atoms with Crippen LogP contribution >= 0.6 is 0 Å². The molecular weight excluding hydrogens is 240 g/mol. The summed E-state index contributed by atoms with van der Waals surface area (Å²) in [6.07, 6.45) is 6.35. The molecule has 0 aromatic rings. The molecule has 2 unspecified atom stereocenters. The Morgan fingerprint density at radius 2 is 2.05 bits per heavy atom. The molecule has 0 heterocycles. The van der Waals surface area contributed by atoms with Gasteiger partial charge >= 0.3 is 5.97 Å². The number of hydrogen-bond donors (Lipinski definition) is 0. The molecule has 0 bridgehead atoms. The van der Waals surface area contributed by atoms with Gasteiger partial charge in [0.25, 0.3) is 0 Å². The van der Waals surface area contributed by atoms with E-state index in [-0.39, 0.29) is 5.97 Å². The molecule has 0 aliphatic heterocycles. The van der Waals surface area contributed by atoms with Crippen LogP contribution in [0.1, 0.15) is 53.4 Å². The van der Waals surface area contributed by atoms with Crippen LogP contribution in [0.2, 0.25) is 0 Å². The molecule has 3 nitrogen and oxygen atoms in total. The van der Waals surface area contributed by atoms with Crippen molar-refractivity contribution < 1.29 is 14.3 Å². The quantitative estimate of drug-likeness (QED) is 0.563. The minimum Gasteiger partial charge on any atom is -0.466 e. The van der Waals surface area contributed by atoms with Gasteiger partial charge in [-0.1, -0.05) is 27.7 Å². The van der Waals surface area contributed by atoms with Gasteiger partial charge in [0.15, 0.2) is 0 Å². The first-order valence-electron chi connectivity index (χ1n) is 7.27. The summed E-state index contributed by atoms with van der Waals surface area (Å²) in [5.74, 6) is 0.465. The SMILES string of the molecule is CCC(=CCOC1CC(C)CC(C)(C)C1)C(=O)OC. The maximum Gasteiger partial charge on any atom is 0.333 e. The Balaban J connectivity index is 2.48. The third kappa shape index (κ3) is 5.35. The van der Waals surface area contributed by atoms with Gasteiger partial charge in [0, 0.05) is 5.57 Å². The molecule has 1 saturated carbocycles. The lowest BCUT2D eigenvalue weighted by molar-refractivity contribution is -0.136. The van der Waals surface area contributed by atoms with Crippen LogP contribution in [0.25, 0.3) is 0 Å². The van der Waals surface area contributed by atoms with Crippen LogP contribution in [-0.2, 0) is 14.3 Å². The largest absolute Gasteiger partial charge is 0.466 e. The Kier molecular flexibility index (Phi) is 6.05. The predicted molar refractivity (Wildman–Crippen MR) is 76.9 cm³/mol. The molecular formula is C16H28O3. The van der Waals surface area contributed by atoms with E-state index in [1.807, 2.05) is 13.0 Å². The average molecular weight is 268 g/mol. The van der Waals surface area contributed by atoms with Crippen molar-refractivity contribution in [1.82, 2.24) is 0 Å². The monoisotopic (exact) mass is 268 g/mol. The van der Waals surface area contributed by atoms with Crippen molar-refractivity contribution >= 4 is 5.97 Å². The fourth-order valence-corrected chi connectivity index (χ4v) is 3.17. The summed E-state index contributed by atoms with van der Waals surface area (Å²) in [5.41, 5.74) is 1.06. The molecule has 1 rings (SSSR count). The molecule has 0 N–H and O–H groups in total. The summed E-state index contributed by atoms with van der Waals surface area (Å²) in [7, 11) is 1.41. The van der Waals surface area contributed by atoms with Gasteiger partial charge in [-0.2, -0.15) is 0 Å². The lowest BCUT2D eigenvalue weighted by atomic mass is 9.71. The van der Waals surface area contributed by atoms with Gasteiger partial charge in [0.1, 0.15) is 0 Å². The molecule has 1 aliphatic rings. The van der Waals surface area contributed by atoms with Gasteiger partial charge in [0.05, 0.1) is 19.8 Å². The summed E-state index contributed by atoms with van der Waals surface area (Å²) in [6.45, 7) is 9.36. The summed E-state index contributed by atoms with van der Waals surface area (Å²) >= 11 is 0. The van der Waals surface area contributed by atoms with Gasteiger partial charge in [-0.3, -0.25) is 0 Å². The highest BCUT2D eigenvalue weighted by Gasteiger charge is 2.32. The number of esters is 1. The van der Waals surface area contributed by atoms with Crippen LogP contribution in [0.15, 0.2) is 11.6 Å². The normalized spacial score (nSPS) is 27.1. The summed E-state index contributed by atoms with van der Waals surface area (Å²) < 4.78 is 10.7. The van der Waals surface area contributed by atoms with E-state index in [9.17, 15) is 4.79 Å². The second-order valence-electron chi connectivity index (χ2n) is 6.44. The van der Waals surface area contributed by atoms with Crippen LogP contribution in [0.5, 0.6) is 0 Å². The van der Waals surface area contributed by atoms with Crippen molar-refractivity contribution in [2.75, 3.05) is 13.7 Å². The zero-order chi connectivity index (χ0) is 14.5. The lowest BCUT2D eigenvalue weighted by Gasteiger charge is -2.38. The van der Waals surface area contributed by atoms with Gasteiger partial charge in [-0.25, -0.2) is 4.79 Å². The summed E-state index contributed by atoms with van der Waals surface area (Å²) in [5, 5.41) is 0. The Morgan fingerprint density at radius 1 is 1.37 bits per heavy atom. The van der Waals surface area contributed by atoms with E-state index in [1.165, 1.54) is 13.5 Å². The first-order chi connectivity index (χ1) is 8.88. The van der Waals surface area contributed by atoms with Crippen molar-refractivity contribution in [2.45, 2.75) is 59.5 Å². The molecule has 0 amide bonds. The number of methoxy groups -OCH3 is 1. The fourth-order valence-electron chi connectivity index (χ4n) is 3.17. The van der Waals surface area contributed by atoms with Gasteiger partial charge in [0.2, 0.25) is 0 Å². The molecule has 0 aromatic heterocycles. The van der Waals surface area contributed by atoms with Gasteiger partial charge < -0.3 is 9.47 Å². The summed E-state index contributed by atoms with van der Waals surface area (Å²) in [4.78, 5) is 11.4. The molecule has 0 aromatic carbocycles. The van der Waals surface area contributed by atoms with Crippen molar-refractivity contribution in [3.8, 4) is 0 Å². The van der Waals surface area contributed by atoms with E-state index in [1.54, 1.807) is 0 Å². The minimum absolute atomic E-state index is 0.247. The van der Waals surface area contributed by atoms with E-state index in [0.29, 0.717) is 36.0 Å². The minimum atomic E-state index is -0.247. The van der Waals surface area contributed by atoms with Crippen molar-refractivity contribution in [1.29, 1.82) is 0 Å². The number of hydrogen-bond acceptors (Lipinski definition) is 3. The van der Waals surface area contributed by atoms with Gasteiger partial charge in [-0.15, -0.1) is 0 Å². The number of rotatable bonds is 5. The number of carbonyl (C=O) groups is 1. The molecule has 2 atom stereocenters. The van der Waals surface area contributed by atoms with Crippen LogP contribution in [0.4, 0.5) is 0 Å². The Hall–Kier alpha value is -0.830. The van der Waals surface area contributed by atoms with E-state index >= 15 is 0 Å². The van der Waals surface area contributed by atoms with Crippen molar-refractivity contribution in [2.24, 2.45) is 11.3 Å². The van der Waals surface area contributed by atoms with E-state index in [2.05, 4.69) is 20.8 Å². The van der Waals surface area contributed by atoms with Crippen LogP contribution < -0.4 is 0 Å². The Labute approximate surface area is 117 Å². The highest BCUT2D eigenvalue weighted by atomic mass is 16.5. The van der Waals surface area contributed by atoms with E-state index in [4.69, 9.17) is 9.47 Å². The topological polar surface area (TPSA) is 35.5 Å². The zero-order valence-corrected chi connectivity index (χ0v) is 13.0. The van der Waals surface area contributed by atoms with Crippen molar-refractivity contribution in [3.05, 3.63) is 11.6 Å². The first kappa shape index (κ1) is 16.2. The standard InChI is InChI=1S/C16H28O3/c1-6-13(15(17)18-5)7-8-19-14-9-12(2)10-16(3,4)11-14/h7,12,14H,6,8-11H2,1-5H3. The third-order valence-corrected chi connectivity index (χ3v) is 3.84.